The molecule has 6 nitrogen and oxygen atoms in total. The zero-order chi connectivity index (χ0) is 17.8. The van der Waals surface area contributed by atoms with Crippen molar-refractivity contribution in [2.24, 2.45) is 10.2 Å². The number of alkyl halides is 3. The number of amides is 1. The maximum Gasteiger partial charge on any atom is 0.442 e. The predicted octanol–water partition coefficient (Wildman–Crippen LogP) is 2.18. The zero-order valence-electron chi connectivity index (χ0n) is 13.4. The number of benzene rings is 1. The van der Waals surface area contributed by atoms with E-state index in [4.69, 9.17) is 4.74 Å². The first-order valence-electron chi connectivity index (χ1n) is 7.41. The summed E-state index contributed by atoms with van der Waals surface area (Å²) in [4.78, 5) is 13.7. The molecule has 1 N–H and O–H groups in total. The van der Waals surface area contributed by atoms with Crippen molar-refractivity contribution in [3.8, 4) is 0 Å². The maximum atomic E-state index is 12.9. The SMILES string of the molecule is CNCCOCCN(C)C(=O)c1ccc(C2(C(F)(F)F)N=N2)cc1. The number of nitrogens with one attached hydrogen (secondary N) is 1. The summed E-state index contributed by atoms with van der Waals surface area (Å²) in [7, 11) is 3.42. The Morgan fingerprint density at radius 2 is 1.88 bits per heavy atom. The van der Waals surface area contributed by atoms with E-state index < -0.39 is 11.8 Å². The van der Waals surface area contributed by atoms with E-state index in [1.165, 1.54) is 29.2 Å². The largest absolute Gasteiger partial charge is 0.442 e. The van der Waals surface area contributed by atoms with Gasteiger partial charge >= 0.3 is 11.8 Å². The molecule has 0 fully saturated rings. The van der Waals surface area contributed by atoms with Crippen LogP contribution in [0, 0.1) is 0 Å². The van der Waals surface area contributed by atoms with E-state index in [0.717, 1.165) is 6.54 Å². The second kappa shape index (κ2) is 7.27. The zero-order valence-corrected chi connectivity index (χ0v) is 13.4. The van der Waals surface area contributed by atoms with Crippen LogP contribution in [0.15, 0.2) is 34.5 Å². The lowest BCUT2D eigenvalue weighted by Gasteiger charge is -2.18. The van der Waals surface area contributed by atoms with Gasteiger partial charge in [0.05, 0.1) is 13.2 Å². The van der Waals surface area contributed by atoms with Crippen molar-refractivity contribution in [2.45, 2.75) is 11.8 Å². The lowest BCUT2D eigenvalue weighted by atomic mass is 10.0. The van der Waals surface area contributed by atoms with Crippen molar-refractivity contribution in [1.82, 2.24) is 10.2 Å². The highest BCUT2D eigenvalue weighted by Gasteiger charge is 2.65. The van der Waals surface area contributed by atoms with Gasteiger partial charge in [0.1, 0.15) is 0 Å². The summed E-state index contributed by atoms with van der Waals surface area (Å²) in [5.41, 5.74) is -2.25. The highest BCUT2D eigenvalue weighted by atomic mass is 19.4. The minimum Gasteiger partial charge on any atom is -0.378 e. The number of likely N-dealkylation sites (N-methyl/N-ethyl adjacent to an activating group) is 2. The van der Waals surface area contributed by atoms with Gasteiger partial charge in [0.15, 0.2) is 0 Å². The van der Waals surface area contributed by atoms with Crippen LogP contribution in [-0.2, 0) is 10.4 Å². The molecule has 0 saturated heterocycles. The molecular formula is C15H19F3N4O2. The minimum atomic E-state index is -4.57. The second-order valence-corrected chi connectivity index (χ2v) is 5.39. The topological polar surface area (TPSA) is 66.3 Å². The van der Waals surface area contributed by atoms with Gasteiger partial charge in [-0.25, -0.2) is 0 Å². The second-order valence-electron chi connectivity index (χ2n) is 5.39. The van der Waals surface area contributed by atoms with Gasteiger partial charge in [0.2, 0.25) is 0 Å². The molecule has 0 aliphatic carbocycles. The van der Waals surface area contributed by atoms with E-state index in [1.807, 2.05) is 7.05 Å². The highest BCUT2D eigenvalue weighted by molar-refractivity contribution is 5.94. The third-order valence-corrected chi connectivity index (χ3v) is 3.64. The number of ether oxygens (including phenoxy) is 1. The molecule has 0 atom stereocenters. The van der Waals surface area contributed by atoms with Crippen LogP contribution in [0.25, 0.3) is 0 Å². The van der Waals surface area contributed by atoms with Gasteiger partial charge in [-0.3, -0.25) is 4.79 Å². The van der Waals surface area contributed by atoms with Gasteiger partial charge in [-0.15, -0.1) is 10.2 Å². The smallest absolute Gasteiger partial charge is 0.378 e. The van der Waals surface area contributed by atoms with E-state index in [9.17, 15) is 18.0 Å². The lowest BCUT2D eigenvalue weighted by Crippen LogP contribution is -2.31. The first kappa shape index (κ1) is 18.3. The molecule has 0 unspecified atom stereocenters. The van der Waals surface area contributed by atoms with Crippen molar-refractivity contribution in [3.05, 3.63) is 35.4 Å². The normalized spacial score (nSPS) is 15.4. The van der Waals surface area contributed by atoms with E-state index in [1.54, 1.807) is 7.05 Å². The number of rotatable bonds is 8. The molecule has 9 heteroatoms. The maximum absolute atomic E-state index is 12.9. The van der Waals surface area contributed by atoms with Crippen LogP contribution in [-0.4, -0.2) is 57.4 Å². The van der Waals surface area contributed by atoms with Crippen LogP contribution >= 0.6 is 0 Å². The summed E-state index contributed by atoms with van der Waals surface area (Å²) in [5.74, 6) is -0.288. The molecule has 1 heterocycles. The van der Waals surface area contributed by atoms with Crippen LogP contribution in [0.4, 0.5) is 13.2 Å². The number of hydrogen-bond donors (Lipinski definition) is 1. The lowest BCUT2D eigenvalue weighted by molar-refractivity contribution is -0.166. The Morgan fingerprint density at radius 3 is 2.38 bits per heavy atom. The molecule has 0 radical (unpaired) electrons. The number of carbonyl (C=O) groups is 1. The third kappa shape index (κ3) is 3.90. The van der Waals surface area contributed by atoms with Crippen molar-refractivity contribution >= 4 is 5.91 Å². The van der Waals surface area contributed by atoms with Gasteiger partial charge in [-0.05, 0) is 19.2 Å². The molecule has 0 bridgehead atoms. The number of nitrogens with zero attached hydrogens (tertiary/aromatic N) is 3. The predicted molar refractivity (Wildman–Crippen MR) is 80.7 cm³/mol. The summed E-state index contributed by atoms with van der Waals surface area (Å²) in [5, 5.41) is 9.20. The molecular weight excluding hydrogens is 325 g/mol. The van der Waals surface area contributed by atoms with Gasteiger partial charge in [0.25, 0.3) is 5.91 Å². The Kier molecular flexibility index (Phi) is 5.55. The highest BCUT2D eigenvalue weighted by Crippen LogP contribution is 2.52. The number of carbonyl (C=O) groups excluding carboxylic acids is 1. The monoisotopic (exact) mass is 344 g/mol. The van der Waals surface area contributed by atoms with Gasteiger partial charge < -0.3 is 15.0 Å². The molecule has 1 amide bonds. The standard InChI is InChI=1S/C15H19F3N4O2/c1-19-7-9-24-10-8-22(2)13(23)11-3-5-12(6-4-11)14(20-21-14)15(16,17)18/h3-6,19H,7-10H2,1-2H3. The van der Waals surface area contributed by atoms with Crippen molar-refractivity contribution in [3.63, 3.8) is 0 Å². The fourth-order valence-electron chi connectivity index (χ4n) is 2.09. The average molecular weight is 344 g/mol. The van der Waals surface area contributed by atoms with Crippen molar-refractivity contribution in [1.29, 1.82) is 0 Å². The summed E-state index contributed by atoms with van der Waals surface area (Å²) < 4.78 is 44.1. The van der Waals surface area contributed by atoms with Gasteiger partial charge in [0, 0.05) is 31.3 Å². The first-order valence-corrected chi connectivity index (χ1v) is 7.41. The molecule has 0 aromatic heterocycles. The average Bonchev–Trinajstić information content (AvgIpc) is 3.35. The quantitative estimate of drug-likeness (QED) is 0.735. The summed E-state index contributed by atoms with van der Waals surface area (Å²) in [6.07, 6.45) is -4.57. The third-order valence-electron chi connectivity index (χ3n) is 3.64. The summed E-state index contributed by atoms with van der Waals surface area (Å²) in [6, 6.07) is 5.18. The first-order chi connectivity index (χ1) is 11.3. The van der Waals surface area contributed by atoms with Crippen molar-refractivity contribution in [2.75, 3.05) is 40.4 Å². The molecule has 1 aromatic rings. The Hall–Kier alpha value is -2.00. The summed E-state index contributed by atoms with van der Waals surface area (Å²) >= 11 is 0. The van der Waals surface area contributed by atoms with E-state index in [-0.39, 0.29) is 11.5 Å². The Morgan fingerprint density at radius 1 is 1.25 bits per heavy atom. The minimum absolute atomic E-state index is 0.0930. The van der Waals surface area contributed by atoms with E-state index in [2.05, 4.69) is 15.5 Å². The van der Waals surface area contributed by atoms with Gasteiger partial charge in [-0.2, -0.15) is 13.2 Å². The van der Waals surface area contributed by atoms with Crippen LogP contribution in [0.1, 0.15) is 15.9 Å². The van der Waals surface area contributed by atoms with Crippen LogP contribution in [0.5, 0.6) is 0 Å². The van der Waals surface area contributed by atoms with Crippen molar-refractivity contribution < 1.29 is 22.7 Å². The van der Waals surface area contributed by atoms with Crippen LogP contribution in [0.3, 0.4) is 0 Å². The molecule has 0 saturated carbocycles. The molecule has 1 aliphatic rings. The summed E-state index contributed by atoms with van der Waals surface area (Å²) in [6.45, 7) is 2.04. The molecule has 24 heavy (non-hydrogen) atoms. The molecule has 1 aliphatic heterocycles. The molecule has 1 aromatic carbocycles. The Bertz CT molecular complexity index is 596. The van der Waals surface area contributed by atoms with E-state index >= 15 is 0 Å². The fourth-order valence-corrected chi connectivity index (χ4v) is 2.09. The fraction of sp³-hybridized carbons (Fsp3) is 0.533. The molecule has 2 rings (SSSR count). The Balaban J connectivity index is 1.92. The Labute approximate surface area is 137 Å². The van der Waals surface area contributed by atoms with Crippen LogP contribution < -0.4 is 5.32 Å². The molecule has 132 valence electrons. The van der Waals surface area contributed by atoms with E-state index in [0.29, 0.717) is 25.3 Å². The van der Waals surface area contributed by atoms with Gasteiger partial charge in [-0.1, -0.05) is 12.1 Å². The van der Waals surface area contributed by atoms with Crippen LogP contribution in [0.2, 0.25) is 0 Å². The molecule has 0 spiro atoms. The number of halogens is 3. The number of hydrogen-bond acceptors (Lipinski definition) is 5.